The summed E-state index contributed by atoms with van der Waals surface area (Å²) in [6.07, 6.45) is 13.6. The van der Waals surface area contributed by atoms with Crippen molar-refractivity contribution in [2.75, 3.05) is 0 Å². The van der Waals surface area contributed by atoms with Crippen LogP contribution in [0.15, 0.2) is 6.20 Å². The highest BCUT2D eigenvalue weighted by molar-refractivity contribution is 14.1. The summed E-state index contributed by atoms with van der Waals surface area (Å²) < 4.78 is 3.63. The summed E-state index contributed by atoms with van der Waals surface area (Å²) >= 11 is 2.43. The second-order valence-electron chi connectivity index (χ2n) is 10.2. The Labute approximate surface area is 154 Å². The van der Waals surface area contributed by atoms with E-state index in [0.29, 0.717) is 21.7 Å². The quantitative estimate of drug-likeness (QED) is 0.543. The SMILES string of the molecule is CCCC12CC3(C)CC(C)(C1)CC(Cn1ncc(I)c1C)(C3)C2. The van der Waals surface area contributed by atoms with Gasteiger partial charge in [0.05, 0.1) is 9.77 Å². The molecule has 1 aromatic heterocycles. The molecule has 4 bridgehead atoms. The highest BCUT2D eigenvalue weighted by Crippen LogP contribution is 2.74. The molecular weight excluding hydrogens is 395 g/mol. The fourth-order valence-electron chi connectivity index (χ4n) is 8.06. The van der Waals surface area contributed by atoms with Crippen LogP contribution in [0.2, 0.25) is 0 Å². The zero-order chi connectivity index (χ0) is 16.5. The van der Waals surface area contributed by atoms with Gasteiger partial charge in [-0.3, -0.25) is 4.68 Å². The van der Waals surface area contributed by atoms with Crippen LogP contribution >= 0.6 is 22.6 Å². The second-order valence-corrected chi connectivity index (χ2v) is 11.3. The zero-order valence-electron chi connectivity index (χ0n) is 15.2. The van der Waals surface area contributed by atoms with Gasteiger partial charge in [-0.05, 0) is 96.1 Å². The van der Waals surface area contributed by atoms with E-state index in [1.807, 2.05) is 6.20 Å². The third-order valence-electron chi connectivity index (χ3n) is 7.12. The van der Waals surface area contributed by atoms with Crippen molar-refractivity contribution in [3.05, 3.63) is 15.5 Å². The molecule has 1 heterocycles. The molecule has 4 saturated carbocycles. The van der Waals surface area contributed by atoms with Crippen LogP contribution in [-0.2, 0) is 6.54 Å². The van der Waals surface area contributed by atoms with Gasteiger partial charge in [0.2, 0.25) is 0 Å². The number of rotatable bonds is 4. The van der Waals surface area contributed by atoms with E-state index in [1.54, 1.807) is 0 Å². The minimum absolute atomic E-state index is 0.493. The number of hydrogen-bond acceptors (Lipinski definition) is 1. The third-order valence-corrected chi connectivity index (χ3v) is 8.18. The summed E-state index contributed by atoms with van der Waals surface area (Å²) in [5.41, 5.74) is 3.63. The Hall–Kier alpha value is -0.0600. The summed E-state index contributed by atoms with van der Waals surface area (Å²) in [6, 6.07) is 0. The molecule has 23 heavy (non-hydrogen) atoms. The molecule has 0 N–H and O–H groups in total. The van der Waals surface area contributed by atoms with E-state index < -0.39 is 0 Å². The van der Waals surface area contributed by atoms with Crippen molar-refractivity contribution in [1.29, 1.82) is 0 Å². The normalized spacial score (nSPS) is 44.9. The maximum atomic E-state index is 4.71. The van der Waals surface area contributed by atoms with E-state index in [9.17, 15) is 0 Å². The molecule has 0 radical (unpaired) electrons. The minimum Gasteiger partial charge on any atom is -0.268 e. The lowest BCUT2D eigenvalue weighted by Crippen LogP contribution is -2.60. The Morgan fingerprint density at radius 2 is 1.65 bits per heavy atom. The lowest BCUT2D eigenvalue weighted by molar-refractivity contribution is -0.197. The van der Waals surface area contributed by atoms with Crippen LogP contribution in [0.4, 0.5) is 0 Å². The summed E-state index contributed by atoms with van der Waals surface area (Å²) in [4.78, 5) is 0. The molecule has 2 nitrogen and oxygen atoms in total. The molecule has 0 amide bonds. The Bertz CT molecular complexity index is 614. The van der Waals surface area contributed by atoms with Gasteiger partial charge in [-0.15, -0.1) is 0 Å². The molecule has 1 aromatic rings. The van der Waals surface area contributed by atoms with Gasteiger partial charge in [0.25, 0.3) is 0 Å². The number of halogens is 1. The lowest BCUT2D eigenvalue weighted by atomic mass is 9.35. The van der Waals surface area contributed by atoms with Gasteiger partial charge in [-0.1, -0.05) is 27.2 Å². The Balaban J connectivity index is 1.72. The van der Waals surface area contributed by atoms with Gasteiger partial charge in [-0.2, -0.15) is 5.10 Å². The van der Waals surface area contributed by atoms with Crippen molar-refractivity contribution in [1.82, 2.24) is 9.78 Å². The first-order chi connectivity index (χ1) is 10.7. The molecular formula is C20H31IN2. The van der Waals surface area contributed by atoms with Crippen LogP contribution in [0.3, 0.4) is 0 Å². The van der Waals surface area contributed by atoms with E-state index in [-0.39, 0.29) is 0 Å². The third kappa shape index (κ3) is 2.60. The first-order valence-corrected chi connectivity index (χ1v) is 10.5. The summed E-state index contributed by atoms with van der Waals surface area (Å²) in [5, 5.41) is 4.71. The smallest absolute Gasteiger partial charge is 0.0626 e. The molecule has 4 aliphatic rings. The highest BCUT2D eigenvalue weighted by atomic mass is 127. The van der Waals surface area contributed by atoms with Gasteiger partial charge in [0.15, 0.2) is 0 Å². The Morgan fingerprint density at radius 3 is 2.17 bits per heavy atom. The molecule has 128 valence electrons. The predicted octanol–water partition coefficient (Wildman–Crippen LogP) is 5.96. The number of aromatic nitrogens is 2. The van der Waals surface area contributed by atoms with Crippen molar-refractivity contribution in [3.8, 4) is 0 Å². The maximum Gasteiger partial charge on any atom is 0.0626 e. The van der Waals surface area contributed by atoms with Crippen LogP contribution < -0.4 is 0 Å². The molecule has 2 unspecified atom stereocenters. The molecule has 4 fully saturated rings. The summed E-state index contributed by atoms with van der Waals surface area (Å²) in [6.45, 7) is 11.0. The lowest BCUT2D eigenvalue weighted by Gasteiger charge is -2.70. The van der Waals surface area contributed by atoms with Crippen LogP contribution in [0.5, 0.6) is 0 Å². The summed E-state index contributed by atoms with van der Waals surface area (Å²) in [5.74, 6) is 0. The molecule has 0 aliphatic heterocycles. The monoisotopic (exact) mass is 426 g/mol. The predicted molar refractivity (Wildman–Crippen MR) is 103 cm³/mol. The van der Waals surface area contributed by atoms with Crippen molar-refractivity contribution in [2.45, 2.75) is 85.6 Å². The van der Waals surface area contributed by atoms with E-state index >= 15 is 0 Å². The van der Waals surface area contributed by atoms with Gasteiger partial charge in [-0.25, -0.2) is 0 Å². The van der Waals surface area contributed by atoms with Crippen molar-refractivity contribution < 1.29 is 0 Å². The zero-order valence-corrected chi connectivity index (χ0v) is 17.4. The van der Waals surface area contributed by atoms with E-state index in [0.717, 1.165) is 6.54 Å². The maximum absolute atomic E-state index is 4.71. The van der Waals surface area contributed by atoms with Crippen LogP contribution in [0, 0.1) is 32.2 Å². The molecule has 0 spiro atoms. The van der Waals surface area contributed by atoms with Crippen molar-refractivity contribution in [2.24, 2.45) is 21.7 Å². The molecule has 5 rings (SSSR count). The van der Waals surface area contributed by atoms with Gasteiger partial charge >= 0.3 is 0 Å². The average molecular weight is 426 g/mol. The van der Waals surface area contributed by atoms with Crippen LogP contribution in [-0.4, -0.2) is 9.78 Å². The average Bonchev–Trinajstić information content (AvgIpc) is 2.65. The van der Waals surface area contributed by atoms with Gasteiger partial charge in [0, 0.05) is 12.2 Å². The molecule has 0 aromatic carbocycles. The minimum atomic E-state index is 0.493. The first-order valence-electron chi connectivity index (χ1n) is 9.38. The van der Waals surface area contributed by atoms with E-state index in [1.165, 1.54) is 60.6 Å². The van der Waals surface area contributed by atoms with E-state index in [2.05, 4.69) is 55.0 Å². The van der Waals surface area contributed by atoms with E-state index in [4.69, 9.17) is 5.10 Å². The van der Waals surface area contributed by atoms with Crippen molar-refractivity contribution >= 4 is 22.6 Å². The summed E-state index contributed by atoms with van der Waals surface area (Å²) in [7, 11) is 0. The largest absolute Gasteiger partial charge is 0.268 e. The molecule has 0 saturated heterocycles. The van der Waals surface area contributed by atoms with Gasteiger partial charge < -0.3 is 0 Å². The fraction of sp³-hybridized carbons (Fsp3) is 0.850. The molecule has 4 aliphatic carbocycles. The number of nitrogens with zero attached hydrogens (tertiary/aromatic N) is 2. The number of hydrogen-bond donors (Lipinski definition) is 0. The Morgan fingerprint density at radius 1 is 1.04 bits per heavy atom. The van der Waals surface area contributed by atoms with Crippen molar-refractivity contribution in [3.63, 3.8) is 0 Å². The second kappa shape index (κ2) is 4.98. The van der Waals surface area contributed by atoms with Crippen LogP contribution in [0.25, 0.3) is 0 Å². The fourth-order valence-corrected chi connectivity index (χ4v) is 8.46. The topological polar surface area (TPSA) is 17.8 Å². The first kappa shape index (κ1) is 16.4. The standard InChI is InChI=1S/C20H31IN2/c1-5-6-19-9-17(3)8-18(4,10-19)12-20(11-17,13-19)14-23-15(2)16(21)7-22-23/h7H,5-6,8-14H2,1-4H3. The molecule has 2 atom stereocenters. The Kier molecular flexibility index (Phi) is 3.56. The highest BCUT2D eigenvalue weighted by Gasteiger charge is 2.64. The molecule has 3 heteroatoms. The van der Waals surface area contributed by atoms with Crippen LogP contribution in [0.1, 0.15) is 77.8 Å². The van der Waals surface area contributed by atoms with Gasteiger partial charge in [0.1, 0.15) is 0 Å².